The maximum Gasteiger partial charge on any atom is 0.326 e. The summed E-state index contributed by atoms with van der Waals surface area (Å²) in [4.78, 5) is 25.0. The predicted octanol–water partition coefficient (Wildman–Crippen LogP) is 3.18. The van der Waals surface area contributed by atoms with E-state index in [-0.39, 0.29) is 5.91 Å². The highest BCUT2D eigenvalue weighted by atomic mass is 79.9. The van der Waals surface area contributed by atoms with Crippen molar-refractivity contribution in [1.29, 1.82) is 0 Å². The van der Waals surface area contributed by atoms with Crippen molar-refractivity contribution in [1.82, 2.24) is 4.90 Å². The lowest BCUT2D eigenvalue weighted by Crippen LogP contribution is -2.47. The van der Waals surface area contributed by atoms with Crippen LogP contribution in [0.15, 0.2) is 22.7 Å². The normalized spacial score (nSPS) is 19.3. The molecule has 2 rings (SSSR count). The lowest BCUT2D eigenvalue weighted by atomic mass is 10.0. The number of aliphatic carboxylic acids is 1. The fourth-order valence-corrected chi connectivity index (χ4v) is 2.72. The van der Waals surface area contributed by atoms with Crippen LogP contribution in [0.2, 0.25) is 5.02 Å². The number of hydrogen-bond acceptors (Lipinski definition) is 2. The molecule has 0 bridgehead atoms. The van der Waals surface area contributed by atoms with Crippen LogP contribution in [0.3, 0.4) is 0 Å². The molecule has 0 radical (unpaired) electrons. The molecule has 1 aliphatic rings. The molecule has 0 aromatic heterocycles. The van der Waals surface area contributed by atoms with Gasteiger partial charge in [-0.15, -0.1) is 0 Å². The molecule has 1 heterocycles. The number of amides is 1. The fraction of sp³-hybridized carbons (Fsp3) is 0.385. The SMILES string of the molecule is O=C(O)[C@@H]1CCCCN1C(=O)c1ccc(Cl)c(Br)c1. The first-order valence-electron chi connectivity index (χ1n) is 5.99. The van der Waals surface area contributed by atoms with Crippen molar-refractivity contribution < 1.29 is 14.7 Å². The van der Waals surface area contributed by atoms with Crippen molar-refractivity contribution in [2.45, 2.75) is 25.3 Å². The zero-order chi connectivity index (χ0) is 14.0. The van der Waals surface area contributed by atoms with Gasteiger partial charge in [0, 0.05) is 16.6 Å². The largest absolute Gasteiger partial charge is 0.480 e. The van der Waals surface area contributed by atoms with E-state index in [1.807, 2.05) is 0 Å². The molecule has 1 aliphatic heterocycles. The van der Waals surface area contributed by atoms with E-state index in [0.29, 0.717) is 28.0 Å². The Balaban J connectivity index is 2.26. The van der Waals surface area contributed by atoms with E-state index in [4.69, 9.17) is 11.6 Å². The topological polar surface area (TPSA) is 57.6 Å². The third-order valence-electron chi connectivity index (χ3n) is 3.22. The monoisotopic (exact) mass is 345 g/mol. The Morgan fingerprint density at radius 3 is 2.74 bits per heavy atom. The molecule has 102 valence electrons. The number of benzene rings is 1. The van der Waals surface area contributed by atoms with Gasteiger partial charge in [-0.2, -0.15) is 0 Å². The second-order valence-electron chi connectivity index (χ2n) is 4.48. The Hall–Kier alpha value is -1.07. The number of rotatable bonds is 2. The van der Waals surface area contributed by atoms with Gasteiger partial charge in [-0.25, -0.2) is 4.79 Å². The molecular weight excluding hydrogens is 334 g/mol. The van der Waals surface area contributed by atoms with Gasteiger partial charge in [-0.05, 0) is 53.4 Å². The molecule has 4 nitrogen and oxygen atoms in total. The third kappa shape index (κ3) is 3.09. The van der Waals surface area contributed by atoms with Gasteiger partial charge in [0.2, 0.25) is 0 Å². The number of carbonyl (C=O) groups excluding carboxylic acids is 1. The number of nitrogens with zero attached hydrogens (tertiary/aromatic N) is 1. The van der Waals surface area contributed by atoms with Crippen molar-refractivity contribution in [3.63, 3.8) is 0 Å². The maximum absolute atomic E-state index is 12.4. The number of hydrogen-bond donors (Lipinski definition) is 1. The first-order valence-corrected chi connectivity index (χ1v) is 7.16. The van der Waals surface area contributed by atoms with Gasteiger partial charge >= 0.3 is 5.97 Å². The minimum Gasteiger partial charge on any atom is -0.480 e. The number of carboxylic acids is 1. The molecule has 6 heteroatoms. The van der Waals surface area contributed by atoms with Crippen LogP contribution in [0.4, 0.5) is 0 Å². The smallest absolute Gasteiger partial charge is 0.326 e. The summed E-state index contributed by atoms with van der Waals surface area (Å²) in [7, 11) is 0. The van der Waals surface area contributed by atoms with E-state index in [1.165, 1.54) is 4.90 Å². The lowest BCUT2D eigenvalue weighted by molar-refractivity contribution is -0.143. The average molecular weight is 347 g/mol. The van der Waals surface area contributed by atoms with Crippen LogP contribution >= 0.6 is 27.5 Å². The average Bonchev–Trinajstić information content (AvgIpc) is 2.41. The molecule has 0 aliphatic carbocycles. The highest BCUT2D eigenvalue weighted by Gasteiger charge is 2.32. The minimum absolute atomic E-state index is 0.260. The summed E-state index contributed by atoms with van der Waals surface area (Å²) < 4.78 is 0.629. The van der Waals surface area contributed by atoms with E-state index in [2.05, 4.69) is 15.9 Å². The van der Waals surface area contributed by atoms with Crippen LogP contribution in [0, 0.1) is 0 Å². The summed E-state index contributed by atoms with van der Waals surface area (Å²) >= 11 is 9.15. The van der Waals surface area contributed by atoms with Gasteiger partial charge < -0.3 is 10.0 Å². The fourth-order valence-electron chi connectivity index (χ4n) is 2.23. The van der Waals surface area contributed by atoms with Crippen LogP contribution in [-0.4, -0.2) is 34.5 Å². The van der Waals surface area contributed by atoms with Gasteiger partial charge in [-0.1, -0.05) is 11.6 Å². The maximum atomic E-state index is 12.4. The molecule has 1 atom stereocenters. The van der Waals surface area contributed by atoms with Crippen LogP contribution in [0.25, 0.3) is 0 Å². The molecular formula is C13H13BrClNO3. The Bertz CT molecular complexity index is 521. The van der Waals surface area contributed by atoms with E-state index in [0.717, 1.165) is 12.8 Å². The van der Waals surface area contributed by atoms with E-state index in [1.54, 1.807) is 18.2 Å². The number of likely N-dealkylation sites (tertiary alicyclic amines) is 1. The molecule has 0 saturated carbocycles. The number of piperidine rings is 1. The van der Waals surface area contributed by atoms with E-state index < -0.39 is 12.0 Å². The minimum atomic E-state index is -0.943. The number of carbonyl (C=O) groups is 2. The van der Waals surface area contributed by atoms with Crippen molar-refractivity contribution in [2.24, 2.45) is 0 Å². The van der Waals surface area contributed by atoms with Crippen LogP contribution < -0.4 is 0 Å². The Morgan fingerprint density at radius 2 is 2.11 bits per heavy atom. The van der Waals surface area contributed by atoms with Crippen LogP contribution in [-0.2, 0) is 4.79 Å². The van der Waals surface area contributed by atoms with Gasteiger partial charge in [0.05, 0.1) is 5.02 Å². The highest BCUT2D eigenvalue weighted by molar-refractivity contribution is 9.10. The quantitative estimate of drug-likeness (QED) is 0.895. The summed E-state index contributed by atoms with van der Waals surface area (Å²) in [6.45, 7) is 0.482. The molecule has 19 heavy (non-hydrogen) atoms. The lowest BCUT2D eigenvalue weighted by Gasteiger charge is -2.33. The molecule has 1 aromatic rings. The van der Waals surface area contributed by atoms with E-state index >= 15 is 0 Å². The molecule has 1 saturated heterocycles. The number of halogens is 2. The zero-order valence-corrected chi connectivity index (χ0v) is 12.4. The first-order chi connectivity index (χ1) is 9.00. The van der Waals surface area contributed by atoms with Crippen molar-refractivity contribution >= 4 is 39.4 Å². The summed E-state index contributed by atoms with van der Waals surface area (Å²) in [6, 6.07) is 4.13. The summed E-state index contributed by atoms with van der Waals surface area (Å²) in [5, 5.41) is 9.70. The van der Waals surface area contributed by atoms with Crippen LogP contribution in [0.5, 0.6) is 0 Å². The highest BCUT2D eigenvalue weighted by Crippen LogP contribution is 2.25. The molecule has 0 spiro atoms. The van der Waals surface area contributed by atoms with Gasteiger partial charge in [0.25, 0.3) is 5.91 Å². The van der Waals surface area contributed by atoms with Crippen LogP contribution in [0.1, 0.15) is 29.6 Å². The molecule has 1 N–H and O–H groups in total. The summed E-state index contributed by atoms with van der Waals surface area (Å²) in [5.41, 5.74) is 0.449. The standard InChI is InChI=1S/C13H13BrClNO3/c14-9-7-8(4-5-10(9)15)12(17)16-6-2-1-3-11(16)13(18)19/h4-5,7,11H,1-3,6H2,(H,18,19)/t11-/m0/s1. The van der Waals surface area contributed by atoms with Crippen molar-refractivity contribution in [3.05, 3.63) is 33.3 Å². The second kappa shape index (κ2) is 5.92. The molecule has 1 aromatic carbocycles. The van der Waals surface area contributed by atoms with E-state index in [9.17, 15) is 14.7 Å². The third-order valence-corrected chi connectivity index (χ3v) is 4.43. The molecule has 1 fully saturated rings. The first kappa shape index (κ1) is 14.3. The molecule has 1 amide bonds. The zero-order valence-electron chi connectivity index (χ0n) is 10.1. The molecule has 0 unspecified atom stereocenters. The number of carboxylic acid groups (broad SMARTS) is 1. The summed E-state index contributed by atoms with van der Waals surface area (Å²) in [5.74, 6) is -1.20. The second-order valence-corrected chi connectivity index (χ2v) is 5.74. The van der Waals surface area contributed by atoms with Gasteiger partial charge in [0.15, 0.2) is 0 Å². The predicted molar refractivity (Wildman–Crippen MR) is 75.5 cm³/mol. The van der Waals surface area contributed by atoms with Gasteiger partial charge in [0.1, 0.15) is 6.04 Å². The van der Waals surface area contributed by atoms with Crippen molar-refractivity contribution in [3.8, 4) is 0 Å². The summed E-state index contributed by atoms with van der Waals surface area (Å²) in [6.07, 6.45) is 2.19. The Morgan fingerprint density at radius 1 is 1.37 bits per heavy atom. The Kier molecular flexibility index (Phi) is 4.47. The van der Waals surface area contributed by atoms with Gasteiger partial charge in [-0.3, -0.25) is 4.79 Å². The van der Waals surface area contributed by atoms with Crippen molar-refractivity contribution in [2.75, 3.05) is 6.54 Å². The Labute approximate surface area is 124 Å².